The van der Waals surface area contributed by atoms with Crippen molar-refractivity contribution in [2.75, 3.05) is 31.6 Å². The fourth-order valence-corrected chi connectivity index (χ4v) is 5.62. The molecular weight excluding hydrogens is 438 g/mol. The largest absolute Gasteiger partial charge is 0.496 e. The second kappa shape index (κ2) is 8.87. The summed E-state index contributed by atoms with van der Waals surface area (Å²) in [6.45, 7) is 4.93. The average Bonchev–Trinajstić information content (AvgIpc) is 3.57. The lowest BCUT2D eigenvalue weighted by atomic mass is 9.97. The first-order valence-corrected chi connectivity index (χ1v) is 12.6. The number of nitrogens with zero attached hydrogens (tertiary/aromatic N) is 5. The fraction of sp³-hybridized carbons (Fsp3) is 0.393. The number of carbonyl (C=O) groups excluding carboxylic acids is 1. The summed E-state index contributed by atoms with van der Waals surface area (Å²) < 4.78 is 7.52. The molecule has 2 fully saturated rings. The minimum atomic E-state index is -0.0790. The van der Waals surface area contributed by atoms with Gasteiger partial charge in [0.1, 0.15) is 11.6 Å². The summed E-state index contributed by atoms with van der Waals surface area (Å²) in [6.07, 6.45) is 7.46. The molecule has 7 heteroatoms. The third-order valence-corrected chi connectivity index (χ3v) is 7.43. The van der Waals surface area contributed by atoms with E-state index in [0.29, 0.717) is 17.9 Å². The number of anilines is 1. The van der Waals surface area contributed by atoms with Crippen molar-refractivity contribution in [1.29, 1.82) is 0 Å². The molecule has 180 valence electrons. The predicted molar refractivity (Wildman–Crippen MR) is 137 cm³/mol. The Morgan fingerprint density at radius 2 is 1.74 bits per heavy atom. The third kappa shape index (κ3) is 3.89. The van der Waals surface area contributed by atoms with Crippen LogP contribution in [0.15, 0.2) is 48.7 Å². The summed E-state index contributed by atoms with van der Waals surface area (Å²) in [5.74, 6) is 1.66. The molecule has 0 saturated carbocycles. The van der Waals surface area contributed by atoms with Gasteiger partial charge in [0.2, 0.25) is 0 Å². The number of aryl methyl sites for hydroxylation is 1. The van der Waals surface area contributed by atoms with Crippen molar-refractivity contribution in [3.05, 3.63) is 65.5 Å². The molecule has 0 spiro atoms. The van der Waals surface area contributed by atoms with Crippen molar-refractivity contribution in [1.82, 2.24) is 19.5 Å². The lowest BCUT2D eigenvalue weighted by molar-refractivity contribution is 0.0602. The van der Waals surface area contributed by atoms with Crippen molar-refractivity contribution in [2.24, 2.45) is 0 Å². The summed E-state index contributed by atoms with van der Waals surface area (Å²) in [6, 6.07) is 14.0. The molecule has 0 aliphatic carbocycles. The maximum atomic E-state index is 13.9. The number of amides is 1. The van der Waals surface area contributed by atoms with Gasteiger partial charge in [0.05, 0.1) is 24.4 Å². The maximum Gasteiger partial charge on any atom is 0.258 e. The number of piperidine rings is 1. The van der Waals surface area contributed by atoms with Gasteiger partial charge in [-0.2, -0.15) is 5.10 Å². The molecule has 1 atom stereocenters. The highest BCUT2D eigenvalue weighted by Gasteiger charge is 2.32. The van der Waals surface area contributed by atoms with E-state index in [0.717, 1.165) is 65.8 Å². The Morgan fingerprint density at radius 3 is 2.51 bits per heavy atom. The number of rotatable bonds is 4. The van der Waals surface area contributed by atoms with E-state index in [1.807, 2.05) is 45.8 Å². The van der Waals surface area contributed by atoms with Crippen molar-refractivity contribution >= 4 is 28.1 Å². The lowest BCUT2D eigenvalue weighted by Crippen LogP contribution is -2.38. The Morgan fingerprint density at radius 1 is 1.00 bits per heavy atom. The number of aromatic nitrogens is 3. The summed E-state index contributed by atoms with van der Waals surface area (Å²) in [5.41, 5.74) is 3.48. The van der Waals surface area contributed by atoms with Crippen LogP contribution in [0.2, 0.25) is 0 Å². The highest BCUT2D eigenvalue weighted by molar-refractivity contribution is 6.01. The van der Waals surface area contributed by atoms with Crippen LogP contribution in [0.4, 0.5) is 5.82 Å². The molecule has 1 amide bonds. The zero-order chi connectivity index (χ0) is 23.9. The normalized spacial score (nSPS) is 18.5. The molecule has 4 aromatic rings. The van der Waals surface area contributed by atoms with Crippen molar-refractivity contribution in [2.45, 2.75) is 45.1 Å². The van der Waals surface area contributed by atoms with E-state index < -0.39 is 0 Å². The highest BCUT2D eigenvalue weighted by Crippen LogP contribution is 2.35. The van der Waals surface area contributed by atoms with Gasteiger partial charge < -0.3 is 14.5 Å². The number of likely N-dealkylation sites (tertiary alicyclic amines) is 1. The smallest absolute Gasteiger partial charge is 0.258 e. The molecule has 2 aliphatic heterocycles. The van der Waals surface area contributed by atoms with E-state index in [9.17, 15) is 4.79 Å². The van der Waals surface area contributed by atoms with E-state index >= 15 is 0 Å². The van der Waals surface area contributed by atoms with Crippen LogP contribution < -0.4 is 9.64 Å². The van der Waals surface area contributed by atoms with Gasteiger partial charge >= 0.3 is 0 Å². The van der Waals surface area contributed by atoms with E-state index in [4.69, 9.17) is 14.8 Å². The Hall–Kier alpha value is -3.61. The third-order valence-electron chi connectivity index (χ3n) is 7.43. The second-order valence-corrected chi connectivity index (χ2v) is 9.72. The molecule has 4 heterocycles. The number of ether oxygens (including phenoxy) is 1. The van der Waals surface area contributed by atoms with Crippen molar-refractivity contribution in [3.63, 3.8) is 0 Å². The Labute approximate surface area is 205 Å². The molecular formula is C28H31N5O2. The summed E-state index contributed by atoms with van der Waals surface area (Å²) in [4.78, 5) is 23.2. The average molecular weight is 470 g/mol. The number of fused-ring (bicyclic) bond motifs is 2. The van der Waals surface area contributed by atoms with E-state index in [-0.39, 0.29) is 11.9 Å². The van der Waals surface area contributed by atoms with Gasteiger partial charge in [-0.25, -0.2) is 9.50 Å². The van der Waals surface area contributed by atoms with Gasteiger partial charge in [-0.3, -0.25) is 4.79 Å². The van der Waals surface area contributed by atoms with E-state index in [2.05, 4.69) is 24.1 Å². The minimum absolute atomic E-state index is 0.00347. The summed E-state index contributed by atoms with van der Waals surface area (Å²) in [5, 5.41) is 6.99. The molecule has 35 heavy (non-hydrogen) atoms. The standard InChI is InChI=1S/C28H31N5O2/c1-19-18-33-26(29-27(19)31-12-7-8-13-31)17-23(30-33)24-11-5-6-14-32(24)28(34)22-15-20-9-3-4-10-21(20)16-25(22)35-2/h3-4,9-10,15-18,24H,5-8,11-14H2,1-2H3. The van der Waals surface area contributed by atoms with Crippen LogP contribution in [0.5, 0.6) is 5.75 Å². The zero-order valence-electron chi connectivity index (χ0n) is 20.4. The van der Waals surface area contributed by atoms with Crippen LogP contribution in [-0.4, -0.2) is 52.1 Å². The van der Waals surface area contributed by atoms with Crippen LogP contribution in [-0.2, 0) is 0 Å². The first kappa shape index (κ1) is 21.9. The van der Waals surface area contributed by atoms with Gasteiger partial charge in [-0.05, 0) is 61.9 Å². The number of benzene rings is 2. The monoisotopic (exact) mass is 469 g/mol. The van der Waals surface area contributed by atoms with E-state index in [1.54, 1.807) is 7.11 Å². The minimum Gasteiger partial charge on any atom is -0.496 e. The zero-order valence-corrected chi connectivity index (χ0v) is 20.4. The molecule has 0 radical (unpaired) electrons. The van der Waals surface area contributed by atoms with Crippen molar-refractivity contribution in [3.8, 4) is 5.75 Å². The van der Waals surface area contributed by atoms with Gasteiger partial charge in [0.15, 0.2) is 5.65 Å². The highest BCUT2D eigenvalue weighted by atomic mass is 16.5. The molecule has 2 saturated heterocycles. The number of hydrogen-bond donors (Lipinski definition) is 0. The fourth-order valence-electron chi connectivity index (χ4n) is 5.62. The van der Waals surface area contributed by atoms with Crippen LogP contribution in [0, 0.1) is 6.92 Å². The number of hydrogen-bond acceptors (Lipinski definition) is 5. The Bertz CT molecular complexity index is 1410. The molecule has 0 N–H and O–H groups in total. The summed E-state index contributed by atoms with van der Waals surface area (Å²) in [7, 11) is 1.63. The van der Waals surface area contributed by atoms with Crippen LogP contribution in [0.25, 0.3) is 16.4 Å². The van der Waals surface area contributed by atoms with Crippen LogP contribution >= 0.6 is 0 Å². The Kier molecular flexibility index (Phi) is 5.55. The quantitative estimate of drug-likeness (QED) is 0.413. The first-order valence-electron chi connectivity index (χ1n) is 12.6. The molecule has 0 bridgehead atoms. The van der Waals surface area contributed by atoms with Gasteiger partial charge in [-0.1, -0.05) is 24.3 Å². The van der Waals surface area contributed by atoms with Gasteiger partial charge in [-0.15, -0.1) is 0 Å². The maximum absolute atomic E-state index is 13.9. The van der Waals surface area contributed by atoms with Gasteiger partial charge in [0, 0.05) is 37.5 Å². The van der Waals surface area contributed by atoms with Crippen LogP contribution in [0.1, 0.15) is 59.8 Å². The first-order chi connectivity index (χ1) is 17.1. The molecule has 6 rings (SSSR count). The Balaban J connectivity index is 1.36. The van der Waals surface area contributed by atoms with Gasteiger partial charge in [0.25, 0.3) is 5.91 Å². The second-order valence-electron chi connectivity index (χ2n) is 9.72. The molecule has 2 aromatic heterocycles. The SMILES string of the molecule is COc1cc2ccccc2cc1C(=O)N1CCCCC1c1cc2nc(N3CCCC3)c(C)cn2n1. The lowest BCUT2D eigenvalue weighted by Gasteiger charge is -2.35. The molecule has 7 nitrogen and oxygen atoms in total. The molecule has 2 aliphatic rings. The predicted octanol–water partition coefficient (Wildman–Crippen LogP) is 5.17. The van der Waals surface area contributed by atoms with Crippen LogP contribution in [0.3, 0.4) is 0 Å². The summed E-state index contributed by atoms with van der Waals surface area (Å²) >= 11 is 0. The van der Waals surface area contributed by atoms with Crippen molar-refractivity contribution < 1.29 is 9.53 Å². The topological polar surface area (TPSA) is 63.0 Å². The molecule has 1 unspecified atom stereocenters. The number of carbonyl (C=O) groups is 1. The molecule has 2 aromatic carbocycles. The van der Waals surface area contributed by atoms with E-state index in [1.165, 1.54) is 12.8 Å². The number of methoxy groups -OCH3 is 1.